The highest BCUT2D eigenvalue weighted by molar-refractivity contribution is 9.10. The van der Waals surface area contributed by atoms with Gasteiger partial charge in [-0.3, -0.25) is 0 Å². The van der Waals surface area contributed by atoms with Crippen LogP contribution >= 0.6 is 15.9 Å². The first kappa shape index (κ1) is 13.7. The van der Waals surface area contributed by atoms with Crippen LogP contribution in [0.4, 0.5) is 5.69 Å². The molecule has 0 spiro atoms. The zero-order chi connectivity index (χ0) is 13.9. The summed E-state index contributed by atoms with van der Waals surface area (Å²) in [5, 5.41) is 7.11. The summed E-state index contributed by atoms with van der Waals surface area (Å²) in [6.45, 7) is 4.16. The Morgan fingerprint density at radius 2 is 2.10 bits per heavy atom. The third-order valence-corrected chi connectivity index (χ3v) is 4.37. The standard InChI is InChI=1S/C17H19BrN2/c1-12(14-5-3-7-16(18)10-14)20-11-15-6-2-4-13-8-9-19-17(13)15/h2-7,10,12,19-20H,8-9,11H2,1H3/t12-/m1/s1. The molecule has 0 saturated heterocycles. The molecule has 0 saturated carbocycles. The van der Waals surface area contributed by atoms with Crippen LogP contribution in [-0.2, 0) is 13.0 Å². The third-order valence-electron chi connectivity index (χ3n) is 3.88. The van der Waals surface area contributed by atoms with E-state index in [0.717, 1.165) is 24.0 Å². The lowest BCUT2D eigenvalue weighted by molar-refractivity contribution is 0.575. The number of hydrogen-bond donors (Lipinski definition) is 2. The Morgan fingerprint density at radius 3 is 2.95 bits per heavy atom. The molecule has 2 aromatic rings. The molecule has 1 aliphatic heterocycles. The number of benzene rings is 2. The van der Waals surface area contributed by atoms with Gasteiger partial charge in [0.25, 0.3) is 0 Å². The van der Waals surface area contributed by atoms with Crippen molar-refractivity contribution in [1.82, 2.24) is 5.32 Å². The molecule has 20 heavy (non-hydrogen) atoms. The van der Waals surface area contributed by atoms with Gasteiger partial charge in [0, 0.05) is 29.3 Å². The summed E-state index contributed by atoms with van der Waals surface area (Å²) in [6, 6.07) is 15.4. The molecular formula is C17H19BrN2. The fourth-order valence-corrected chi connectivity index (χ4v) is 3.13. The van der Waals surface area contributed by atoms with Crippen LogP contribution in [0.5, 0.6) is 0 Å². The molecule has 0 fully saturated rings. The molecule has 0 radical (unpaired) electrons. The van der Waals surface area contributed by atoms with Crippen LogP contribution in [0.15, 0.2) is 46.9 Å². The molecular weight excluding hydrogens is 312 g/mol. The van der Waals surface area contributed by atoms with Crippen LogP contribution < -0.4 is 10.6 Å². The molecule has 1 atom stereocenters. The van der Waals surface area contributed by atoms with Crippen molar-refractivity contribution < 1.29 is 0 Å². The molecule has 2 N–H and O–H groups in total. The van der Waals surface area contributed by atoms with Crippen LogP contribution in [-0.4, -0.2) is 6.54 Å². The first-order chi connectivity index (χ1) is 9.74. The quantitative estimate of drug-likeness (QED) is 0.874. The Kier molecular flexibility index (Phi) is 4.08. The molecule has 0 amide bonds. The summed E-state index contributed by atoms with van der Waals surface area (Å²) < 4.78 is 1.13. The number of halogens is 1. The number of anilines is 1. The summed E-state index contributed by atoms with van der Waals surface area (Å²) in [4.78, 5) is 0. The first-order valence-corrected chi connectivity index (χ1v) is 7.87. The van der Waals surface area contributed by atoms with Gasteiger partial charge < -0.3 is 10.6 Å². The number of rotatable bonds is 4. The van der Waals surface area contributed by atoms with E-state index in [1.54, 1.807) is 0 Å². The lowest BCUT2D eigenvalue weighted by Crippen LogP contribution is -2.18. The SMILES string of the molecule is C[C@@H](NCc1cccc2c1NCC2)c1cccc(Br)c1. The van der Waals surface area contributed by atoms with Crippen molar-refractivity contribution in [1.29, 1.82) is 0 Å². The Hall–Kier alpha value is -1.32. The average molecular weight is 331 g/mol. The van der Waals surface area contributed by atoms with E-state index in [4.69, 9.17) is 0 Å². The molecule has 2 nitrogen and oxygen atoms in total. The van der Waals surface area contributed by atoms with Gasteiger partial charge in [-0.05, 0) is 42.2 Å². The van der Waals surface area contributed by atoms with Gasteiger partial charge >= 0.3 is 0 Å². The normalized spacial score (nSPS) is 14.7. The Balaban J connectivity index is 1.69. The van der Waals surface area contributed by atoms with Crippen molar-refractivity contribution >= 4 is 21.6 Å². The molecule has 0 bridgehead atoms. The second kappa shape index (κ2) is 5.98. The topological polar surface area (TPSA) is 24.1 Å². The molecule has 1 heterocycles. The largest absolute Gasteiger partial charge is 0.384 e. The average Bonchev–Trinajstić information content (AvgIpc) is 2.93. The van der Waals surface area contributed by atoms with E-state index in [2.05, 4.69) is 76.0 Å². The minimum Gasteiger partial charge on any atom is -0.384 e. The van der Waals surface area contributed by atoms with E-state index in [-0.39, 0.29) is 0 Å². The van der Waals surface area contributed by atoms with Crippen LogP contribution in [0.25, 0.3) is 0 Å². The molecule has 1 aliphatic rings. The molecule has 0 aromatic heterocycles. The first-order valence-electron chi connectivity index (χ1n) is 7.07. The van der Waals surface area contributed by atoms with Gasteiger partial charge in [0.15, 0.2) is 0 Å². The second-order valence-electron chi connectivity index (χ2n) is 5.29. The number of fused-ring (bicyclic) bond motifs is 1. The lowest BCUT2D eigenvalue weighted by atomic mass is 10.1. The summed E-state index contributed by atoms with van der Waals surface area (Å²) in [5.41, 5.74) is 5.45. The van der Waals surface area contributed by atoms with Crippen molar-refractivity contribution in [3.8, 4) is 0 Å². The van der Waals surface area contributed by atoms with Gasteiger partial charge in [-0.2, -0.15) is 0 Å². The van der Waals surface area contributed by atoms with Crippen molar-refractivity contribution in [2.24, 2.45) is 0 Å². The molecule has 104 valence electrons. The van der Waals surface area contributed by atoms with Crippen molar-refractivity contribution in [2.45, 2.75) is 25.9 Å². The van der Waals surface area contributed by atoms with Crippen LogP contribution in [0.2, 0.25) is 0 Å². The van der Waals surface area contributed by atoms with Gasteiger partial charge in [0.05, 0.1) is 0 Å². The number of hydrogen-bond acceptors (Lipinski definition) is 2. The lowest BCUT2D eigenvalue weighted by Gasteiger charge is -2.16. The summed E-state index contributed by atoms with van der Waals surface area (Å²) in [7, 11) is 0. The smallest absolute Gasteiger partial charge is 0.0419 e. The molecule has 2 aromatic carbocycles. The van der Waals surface area contributed by atoms with E-state index in [1.807, 2.05) is 0 Å². The zero-order valence-corrected chi connectivity index (χ0v) is 13.2. The van der Waals surface area contributed by atoms with E-state index in [9.17, 15) is 0 Å². The Morgan fingerprint density at radius 1 is 1.25 bits per heavy atom. The van der Waals surface area contributed by atoms with E-state index < -0.39 is 0 Å². The van der Waals surface area contributed by atoms with Crippen LogP contribution in [0.3, 0.4) is 0 Å². The Labute approximate surface area is 128 Å². The van der Waals surface area contributed by atoms with Gasteiger partial charge in [-0.1, -0.05) is 46.3 Å². The monoisotopic (exact) mass is 330 g/mol. The number of nitrogens with one attached hydrogen (secondary N) is 2. The predicted molar refractivity (Wildman–Crippen MR) is 88.0 cm³/mol. The maximum Gasteiger partial charge on any atom is 0.0419 e. The third kappa shape index (κ3) is 2.89. The maximum absolute atomic E-state index is 3.61. The van der Waals surface area contributed by atoms with Gasteiger partial charge in [0.1, 0.15) is 0 Å². The number of para-hydroxylation sites is 1. The maximum atomic E-state index is 3.61. The van der Waals surface area contributed by atoms with Gasteiger partial charge in [-0.25, -0.2) is 0 Å². The summed E-state index contributed by atoms with van der Waals surface area (Å²) in [6.07, 6.45) is 1.14. The predicted octanol–water partition coefficient (Wildman–Crippen LogP) is 4.27. The fraction of sp³-hybridized carbons (Fsp3) is 0.294. The van der Waals surface area contributed by atoms with Crippen LogP contribution in [0.1, 0.15) is 29.7 Å². The highest BCUT2D eigenvalue weighted by Crippen LogP contribution is 2.27. The highest BCUT2D eigenvalue weighted by atomic mass is 79.9. The highest BCUT2D eigenvalue weighted by Gasteiger charge is 2.14. The van der Waals surface area contributed by atoms with E-state index in [0.29, 0.717) is 6.04 Å². The summed E-state index contributed by atoms with van der Waals surface area (Å²) >= 11 is 3.53. The van der Waals surface area contributed by atoms with E-state index >= 15 is 0 Å². The van der Waals surface area contributed by atoms with Crippen molar-refractivity contribution in [2.75, 3.05) is 11.9 Å². The molecule has 0 unspecified atom stereocenters. The summed E-state index contributed by atoms with van der Waals surface area (Å²) in [5.74, 6) is 0. The minimum absolute atomic E-state index is 0.338. The second-order valence-corrected chi connectivity index (χ2v) is 6.20. The fourth-order valence-electron chi connectivity index (χ4n) is 2.72. The van der Waals surface area contributed by atoms with E-state index in [1.165, 1.54) is 22.4 Å². The Bertz CT molecular complexity index is 610. The van der Waals surface area contributed by atoms with Gasteiger partial charge in [0.2, 0.25) is 0 Å². The van der Waals surface area contributed by atoms with Crippen molar-refractivity contribution in [3.05, 3.63) is 63.6 Å². The van der Waals surface area contributed by atoms with Crippen LogP contribution in [0, 0.1) is 0 Å². The zero-order valence-electron chi connectivity index (χ0n) is 11.6. The van der Waals surface area contributed by atoms with Gasteiger partial charge in [-0.15, -0.1) is 0 Å². The molecule has 3 heteroatoms. The van der Waals surface area contributed by atoms with Crippen molar-refractivity contribution in [3.63, 3.8) is 0 Å². The molecule has 0 aliphatic carbocycles. The minimum atomic E-state index is 0.338. The molecule has 3 rings (SSSR count).